The first kappa shape index (κ1) is 17.1. The number of hydrogen-bond donors (Lipinski definition) is 1. The minimum Gasteiger partial charge on any atom is -0.496 e. The number of rotatable bonds is 3. The molecule has 0 saturated heterocycles. The molecule has 1 aromatic rings. The highest BCUT2D eigenvalue weighted by atomic mass is 79.9. The SMILES string of the molecule is COc1cc(C(F)(F)F)c(C2(C(=O)O)CCCCC2)cc1Br. The van der Waals surface area contributed by atoms with Crippen molar-refractivity contribution >= 4 is 21.9 Å². The van der Waals surface area contributed by atoms with Gasteiger partial charge < -0.3 is 9.84 Å². The number of ether oxygens (including phenoxy) is 1. The van der Waals surface area contributed by atoms with Crippen LogP contribution in [0.4, 0.5) is 13.2 Å². The smallest absolute Gasteiger partial charge is 0.416 e. The number of halogens is 4. The van der Waals surface area contributed by atoms with Crippen molar-refractivity contribution in [2.45, 2.75) is 43.7 Å². The van der Waals surface area contributed by atoms with E-state index in [1.54, 1.807) is 0 Å². The second-order valence-electron chi connectivity index (χ2n) is 5.48. The molecule has 0 atom stereocenters. The number of benzene rings is 1. The van der Waals surface area contributed by atoms with Gasteiger partial charge in [0.1, 0.15) is 5.75 Å². The Kier molecular flexibility index (Phi) is 4.75. The van der Waals surface area contributed by atoms with Crippen LogP contribution < -0.4 is 4.74 Å². The number of carboxylic acid groups (broad SMARTS) is 1. The highest BCUT2D eigenvalue weighted by Gasteiger charge is 2.47. The van der Waals surface area contributed by atoms with Crippen LogP contribution in [0.5, 0.6) is 5.75 Å². The van der Waals surface area contributed by atoms with Gasteiger partial charge in [-0.05, 0) is 46.5 Å². The molecule has 0 aromatic heterocycles. The van der Waals surface area contributed by atoms with E-state index in [9.17, 15) is 23.1 Å². The third-order valence-electron chi connectivity index (χ3n) is 4.23. The summed E-state index contributed by atoms with van der Waals surface area (Å²) >= 11 is 3.16. The van der Waals surface area contributed by atoms with Gasteiger partial charge in [0.25, 0.3) is 0 Å². The number of hydrogen-bond acceptors (Lipinski definition) is 2. The van der Waals surface area contributed by atoms with Crippen molar-refractivity contribution in [3.05, 3.63) is 27.7 Å². The maximum Gasteiger partial charge on any atom is 0.416 e. The van der Waals surface area contributed by atoms with Crippen LogP contribution in [0.15, 0.2) is 16.6 Å². The molecule has 0 heterocycles. The highest BCUT2D eigenvalue weighted by molar-refractivity contribution is 9.10. The van der Waals surface area contributed by atoms with E-state index in [-0.39, 0.29) is 24.2 Å². The van der Waals surface area contributed by atoms with Crippen LogP contribution in [0.25, 0.3) is 0 Å². The second-order valence-corrected chi connectivity index (χ2v) is 6.33. The maximum atomic E-state index is 13.4. The van der Waals surface area contributed by atoms with Gasteiger partial charge in [0.05, 0.1) is 22.6 Å². The van der Waals surface area contributed by atoms with Crippen LogP contribution >= 0.6 is 15.9 Å². The lowest BCUT2D eigenvalue weighted by Crippen LogP contribution is -2.39. The van der Waals surface area contributed by atoms with Gasteiger partial charge in [0.2, 0.25) is 0 Å². The Morgan fingerprint density at radius 3 is 2.32 bits per heavy atom. The molecule has 2 rings (SSSR count). The molecule has 1 aromatic carbocycles. The number of aliphatic carboxylic acids is 1. The van der Waals surface area contributed by atoms with E-state index in [1.807, 2.05) is 0 Å². The summed E-state index contributed by atoms with van der Waals surface area (Å²) in [5.74, 6) is -1.16. The summed E-state index contributed by atoms with van der Waals surface area (Å²) in [6.45, 7) is 0. The van der Waals surface area contributed by atoms with E-state index in [0.717, 1.165) is 12.5 Å². The third kappa shape index (κ3) is 2.95. The van der Waals surface area contributed by atoms with Gasteiger partial charge in [-0.3, -0.25) is 4.79 Å². The Hall–Kier alpha value is -1.24. The Labute approximate surface area is 134 Å². The second kappa shape index (κ2) is 6.10. The summed E-state index contributed by atoms with van der Waals surface area (Å²) < 4.78 is 45.5. The van der Waals surface area contributed by atoms with E-state index >= 15 is 0 Å². The zero-order valence-electron chi connectivity index (χ0n) is 12.0. The van der Waals surface area contributed by atoms with Crippen molar-refractivity contribution in [2.75, 3.05) is 7.11 Å². The average molecular weight is 381 g/mol. The van der Waals surface area contributed by atoms with E-state index < -0.39 is 23.1 Å². The third-order valence-corrected chi connectivity index (χ3v) is 4.85. The molecule has 0 spiro atoms. The number of carboxylic acids is 1. The minimum atomic E-state index is -4.64. The normalized spacial score (nSPS) is 18.0. The van der Waals surface area contributed by atoms with Gasteiger partial charge in [0.15, 0.2) is 0 Å². The van der Waals surface area contributed by atoms with Gasteiger partial charge >= 0.3 is 12.1 Å². The molecule has 3 nitrogen and oxygen atoms in total. The van der Waals surface area contributed by atoms with Gasteiger partial charge in [0, 0.05) is 0 Å². The number of alkyl halides is 3. The molecule has 0 amide bonds. The molecule has 22 heavy (non-hydrogen) atoms. The lowest BCUT2D eigenvalue weighted by atomic mass is 9.68. The number of carbonyl (C=O) groups is 1. The van der Waals surface area contributed by atoms with E-state index in [4.69, 9.17) is 4.74 Å². The Morgan fingerprint density at radius 2 is 1.86 bits per heavy atom. The van der Waals surface area contributed by atoms with Crippen LogP contribution in [0, 0.1) is 0 Å². The molecule has 122 valence electrons. The van der Waals surface area contributed by atoms with Crippen LogP contribution in [-0.2, 0) is 16.4 Å². The first-order valence-corrected chi connectivity index (χ1v) is 7.70. The Morgan fingerprint density at radius 1 is 1.27 bits per heavy atom. The molecule has 1 N–H and O–H groups in total. The molecule has 1 saturated carbocycles. The van der Waals surface area contributed by atoms with Gasteiger partial charge in [-0.25, -0.2) is 0 Å². The monoisotopic (exact) mass is 380 g/mol. The topological polar surface area (TPSA) is 46.5 Å². The predicted octanol–water partition coefficient (Wildman–Crippen LogP) is 4.76. The van der Waals surface area contributed by atoms with Gasteiger partial charge in [-0.15, -0.1) is 0 Å². The van der Waals surface area contributed by atoms with Crippen molar-refractivity contribution in [1.82, 2.24) is 0 Å². The van der Waals surface area contributed by atoms with E-state index in [1.165, 1.54) is 13.2 Å². The molecule has 0 unspecified atom stereocenters. The lowest BCUT2D eigenvalue weighted by Gasteiger charge is -2.35. The molecule has 0 aliphatic heterocycles. The van der Waals surface area contributed by atoms with E-state index in [2.05, 4.69) is 15.9 Å². The molecular formula is C15H16BrF3O3. The standard InChI is InChI=1S/C15H16BrF3O3/c1-22-12-8-10(15(17,18)19)9(7-11(12)16)14(13(20)21)5-3-2-4-6-14/h7-8H,2-6H2,1H3,(H,20,21). The van der Waals surface area contributed by atoms with Crippen LogP contribution in [0.3, 0.4) is 0 Å². The van der Waals surface area contributed by atoms with Crippen LogP contribution in [0.1, 0.15) is 43.2 Å². The first-order chi connectivity index (χ1) is 10.2. The molecular weight excluding hydrogens is 365 g/mol. The largest absolute Gasteiger partial charge is 0.496 e. The minimum absolute atomic E-state index is 0.0347. The molecule has 1 fully saturated rings. The van der Waals surface area contributed by atoms with Crippen LogP contribution in [0.2, 0.25) is 0 Å². The Bertz CT molecular complexity index is 578. The lowest BCUT2D eigenvalue weighted by molar-refractivity contribution is -0.147. The highest BCUT2D eigenvalue weighted by Crippen LogP contribution is 2.47. The Balaban J connectivity index is 2.71. The molecule has 1 aliphatic carbocycles. The van der Waals surface area contributed by atoms with Gasteiger partial charge in [-0.2, -0.15) is 13.2 Å². The molecule has 7 heteroatoms. The van der Waals surface area contributed by atoms with Crippen molar-refractivity contribution < 1.29 is 27.8 Å². The average Bonchev–Trinajstić information content (AvgIpc) is 2.46. The summed E-state index contributed by atoms with van der Waals surface area (Å²) in [6, 6.07) is 2.12. The zero-order chi connectivity index (χ0) is 16.5. The summed E-state index contributed by atoms with van der Waals surface area (Å²) in [5.41, 5.74) is -2.60. The van der Waals surface area contributed by atoms with Crippen molar-refractivity contribution in [2.24, 2.45) is 0 Å². The molecule has 1 aliphatic rings. The summed E-state index contributed by atoms with van der Waals surface area (Å²) in [5, 5.41) is 9.64. The first-order valence-electron chi connectivity index (χ1n) is 6.91. The fourth-order valence-electron chi connectivity index (χ4n) is 3.09. The number of methoxy groups -OCH3 is 1. The summed E-state index contributed by atoms with van der Waals surface area (Å²) in [4.78, 5) is 11.8. The van der Waals surface area contributed by atoms with Crippen molar-refractivity contribution in [3.63, 3.8) is 0 Å². The fraction of sp³-hybridized carbons (Fsp3) is 0.533. The van der Waals surface area contributed by atoms with Crippen LogP contribution in [-0.4, -0.2) is 18.2 Å². The predicted molar refractivity (Wildman–Crippen MR) is 78.1 cm³/mol. The fourth-order valence-corrected chi connectivity index (χ4v) is 3.60. The zero-order valence-corrected chi connectivity index (χ0v) is 13.6. The van der Waals surface area contributed by atoms with Crippen molar-refractivity contribution in [3.8, 4) is 5.75 Å². The van der Waals surface area contributed by atoms with E-state index in [0.29, 0.717) is 17.3 Å². The quantitative estimate of drug-likeness (QED) is 0.821. The molecule has 0 radical (unpaired) electrons. The maximum absolute atomic E-state index is 13.4. The van der Waals surface area contributed by atoms with Crippen molar-refractivity contribution in [1.29, 1.82) is 0 Å². The summed E-state index contributed by atoms with van der Waals surface area (Å²) in [7, 11) is 1.27. The van der Waals surface area contributed by atoms with Gasteiger partial charge in [-0.1, -0.05) is 19.3 Å². The molecule has 0 bridgehead atoms. The summed E-state index contributed by atoms with van der Waals surface area (Å²) in [6.07, 6.45) is -2.16.